The van der Waals surface area contributed by atoms with E-state index in [0.29, 0.717) is 34.4 Å². The van der Waals surface area contributed by atoms with Crippen LogP contribution in [-0.4, -0.2) is 41.9 Å². The number of nitrogens with zero attached hydrogens (tertiary/aromatic N) is 7. The predicted molar refractivity (Wildman–Crippen MR) is 110 cm³/mol. The van der Waals surface area contributed by atoms with Crippen molar-refractivity contribution in [3.8, 4) is 0 Å². The average Bonchev–Trinajstić information content (AvgIpc) is 3.43. The summed E-state index contributed by atoms with van der Waals surface area (Å²) >= 11 is 3.29. The Balaban J connectivity index is 1.37. The molecule has 1 aromatic carbocycles. The lowest BCUT2D eigenvalue weighted by molar-refractivity contribution is -0.117. The zero-order valence-corrected chi connectivity index (χ0v) is 17.5. The summed E-state index contributed by atoms with van der Waals surface area (Å²) in [5.74, 6) is 0.588. The lowest BCUT2D eigenvalue weighted by Gasteiger charge is -2.15. The van der Waals surface area contributed by atoms with Gasteiger partial charge in [0.2, 0.25) is 11.8 Å². The fraction of sp³-hybridized carbons (Fsp3) is 0.263. The van der Waals surface area contributed by atoms with Gasteiger partial charge in [-0.2, -0.15) is 10.1 Å². The van der Waals surface area contributed by atoms with Crippen molar-refractivity contribution in [2.24, 2.45) is 7.05 Å². The Labute approximate surface area is 178 Å². The molecule has 1 fully saturated rings. The molecule has 5 rings (SSSR count). The van der Waals surface area contributed by atoms with Crippen molar-refractivity contribution < 1.29 is 9.32 Å². The Morgan fingerprint density at radius 3 is 2.83 bits per heavy atom. The normalized spacial score (nSPS) is 16.7. The highest BCUT2D eigenvalue weighted by Gasteiger charge is 2.34. The maximum atomic E-state index is 12.8. The fourth-order valence-corrected chi connectivity index (χ4v) is 4.21. The molecule has 10 nitrogen and oxygen atoms in total. The first-order valence-electron chi connectivity index (χ1n) is 9.27. The van der Waals surface area contributed by atoms with Crippen molar-refractivity contribution in [3.05, 3.63) is 63.3 Å². The van der Waals surface area contributed by atoms with E-state index < -0.39 is 0 Å². The number of para-hydroxylation sites is 1. The van der Waals surface area contributed by atoms with Gasteiger partial charge in [0.05, 0.1) is 0 Å². The predicted octanol–water partition coefficient (Wildman–Crippen LogP) is 1.84. The number of carbonyl (C=O) groups is 1. The van der Waals surface area contributed by atoms with Crippen LogP contribution < -0.4 is 10.5 Å². The second kappa shape index (κ2) is 7.17. The minimum absolute atomic E-state index is 0.0184. The molecule has 0 spiro atoms. The van der Waals surface area contributed by atoms with E-state index in [4.69, 9.17) is 4.52 Å². The summed E-state index contributed by atoms with van der Waals surface area (Å²) in [5.41, 5.74) is 1.08. The van der Waals surface area contributed by atoms with E-state index in [1.807, 2.05) is 30.3 Å². The number of benzene rings is 1. The average molecular weight is 470 g/mol. The molecule has 1 unspecified atom stereocenters. The Kier molecular flexibility index (Phi) is 4.46. The molecule has 0 saturated carbocycles. The second-order valence-electron chi connectivity index (χ2n) is 7.08. The molecule has 0 bridgehead atoms. The van der Waals surface area contributed by atoms with Crippen LogP contribution in [0.4, 0.5) is 5.69 Å². The Morgan fingerprint density at radius 1 is 1.23 bits per heavy atom. The third kappa shape index (κ3) is 3.11. The van der Waals surface area contributed by atoms with Crippen LogP contribution in [0.5, 0.6) is 0 Å². The van der Waals surface area contributed by atoms with Crippen molar-refractivity contribution in [1.29, 1.82) is 0 Å². The van der Waals surface area contributed by atoms with Crippen LogP contribution in [0.15, 0.2) is 50.6 Å². The molecule has 0 N–H and O–H groups in total. The van der Waals surface area contributed by atoms with Gasteiger partial charge in [0, 0.05) is 31.6 Å². The zero-order chi connectivity index (χ0) is 20.8. The fourth-order valence-electron chi connectivity index (χ4n) is 3.63. The molecule has 3 aromatic heterocycles. The quantitative estimate of drug-likeness (QED) is 0.448. The van der Waals surface area contributed by atoms with E-state index in [1.165, 1.54) is 15.6 Å². The van der Waals surface area contributed by atoms with Gasteiger partial charge in [0.15, 0.2) is 11.5 Å². The Hall–Kier alpha value is -3.34. The van der Waals surface area contributed by atoms with Crippen LogP contribution in [-0.2, 0) is 18.4 Å². The van der Waals surface area contributed by atoms with E-state index in [0.717, 1.165) is 5.69 Å². The highest BCUT2D eigenvalue weighted by Crippen LogP contribution is 2.30. The van der Waals surface area contributed by atoms with Crippen LogP contribution in [0.3, 0.4) is 0 Å². The number of halogens is 1. The van der Waals surface area contributed by atoms with Crippen molar-refractivity contribution in [3.63, 3.8) is 0 Å². The van der Waals surface area contributed by atoms with E-state index in [9.17, 15) is 9.59 Å². The van der Waals surface area contributed by atoms with Gasteiger partial charge in [-0.3, -0.25) is 14.2 Å². The summed E-state index contributed by atoms with van der Waals surface area (Å²) in [6.07, 6.45) is 1.74. The lowest BCUT2D eigenvalue weighted by Crippen LogP contribution is -2.24. The van der Waals surface area contributed by atoms with Gasteiger partial charge in [-0.15, -0.1) is 0 Å². The van der Waals surface area contributed by atoms with Crippen LogP contribution in [0, 0.1) is 0 Å². The van der Waals surface area contributed by atoms with Crippen LogP contribution in [0.2, 0.25) is 0 Å². The number of amides is 1. The third-order valence-corrected chi connectivity index (χ3v) is 5.67. The summed E-state index contributed by atoms with van der Waals surface area (Å²) in [5, 5.41) is 8.60. The molecular weight excluding hydrogens is 454 g/mol. The number of aryl methyl sites for hydroxylation is 1. The molecule has 1 aliphatic rings. The van der Waals surface area contributed by atoms with Crippen molar-refractivity contribution in [2.45, 2.75) is 18.9 Å². The van der Waals surface area contributed by atoms with E-state index in [1.54, 1.807) is 11.9 Å². The van der Waals surface area contributed by atoms with E-state index in [2.05, 4.69) is 36.2 Å². The van der Waals surface area contributed by atoms with Crippen molar-refractivity contribution in [2.75, 3.05) is 11.4 Å². The summed E-state index contributed by atoms with van der Waals surface area (Å²) in [6, 6.07) is 9.49. The molecule has 0 radical (unpaired) electrons. The van der Waals surface area contributed by atoms with Gasteiger partial charge in [-0.05, 0) is 28.1 Å². The molecule has 11 heteroatoms. The number of carbonyl (C=O) groups excluding carboxylic acids is 1. The molecule has 152 valence electrons. The van der Waals surface area contributed by atoms with Gasteiger partial charge >= 0.3 is 0 Å². The number of aromatic nitrogens is 6. The summed E-state index contributed by atoms with van der Waals surface area (Å²) < 4.78 is 8.71. The van der Waals surface area contributed by atoms with Gasteiger partial charge in [-0.1, -0.05) is 23.4 Å². The number of hydrogen-bond acceptors (Lipinski definition) is 7. The maximum Gasteiger partial charge on any atom is 0.266 e. The lowest BCUT2D eigenvalue weighted by atomic mass is 10.1. The third-order valence-electron chi connectivity index (χ3n) is 5.12. The van der Waals surface area contributed by atoms with Gasteiger partial charge < -0.3 is 9.42 Å². The van der Waals surface area contributed by atoms with Crippen molar-refractivity contribution in [1.82, 2.24) is 29.5 Å². The summed E-state index contributed by atoms with van der Waals surface area (Å²) in [6.45, 7) is 0.567. The van der Waals surface area contributed by atoms with Crippen molar-refractivity contribution >= 4 is 38.6 Å². The van der Waals surface area contributed by atoms with Gasteiger partial charge in [0.1, 0.15) is 22.9 Å². The molecule has 4 aromatic rings. The highest BCUT2D eigenvalue weighted by atomic mass is 79.9. The van der Waals surface area contributed by atoms with Crippen LogP contribution in [0.25, 0.3) is 11.0 Å². The first kappa shape index (κ1) is 18.7. The monoisotopic (exact) mass is 469 g/mol. The number of hydrogen-bond donors (Lipinski definition) is 0. The summed E-state index contributed by atoms with van der Waals surface area (Å²) in [7, 11) is 1.72. The first-order chi connectivity index (χ1) is 14.5. The van der Waals surface area contributed by atoms with E-state index in [-0.39, 0.29) is 29.8 Å². The number of rotatable bonds is 4. The molecule has 30 heavy (non-hydrogen) atoms. The molecule has 1 atom stereocenters. The molecule has 1 amide bonds. The minimum atomic E-state index is -0.258. The Morgan fingerprint density at radius 2 is 2.03 bits per heavy atom. The topological polar surface area (TPSA) is 112 Å². The first-order valence-corrected chi connectivity index (χ1v) is 10.1. The van der Waals surface area contributed by atoms with Crippen LogP contribution >= 0.6 is 15.9 Å². The minimum Gasteiger partial charge on any atom is -0.337 e. The standard InChI is InChI=1S/C19H16BrN7O3/c1-25-18-15(16(20)23-25)19(29)26(10-21-18)9-13-22-17(24-30-13)11-7-14(28)27(8-11)12-5-3-2-4-6-12/h2-6,10-11H,7-9H2,1H3. The molecule has 1 saturated heterocycles. The van der Waals surface area contributed by atoms with Gasteiger partial charge in [-0.25, -0.2) is 9.67 Å². The van der Waals surface area contributed by atoms with Crippen LogP contribution in [0.1, 0.15) is 24.1 Å². The SMILES string of the molecule is Cn1nc(Br)c2c(=O)n(Cc3nc(C4CC(=O)N(c5ccccc5)C4)no3)cnc21. The maximum absolute atomic E-state index is 12.8. The largest absolute Gasteiger partial charge is 0.337 e. The highest BCUT2D eigenvalue weighted by molar-refractivity contribution is 9.10. The zero-order valence-electron chi connectivity index (χ0n) is 15.9. The Bertz CT molecular complexity index is 1310. The molecule has 1 aliphatic heterocycles. The molecular formula is C19H16BrN7O3. The number of anilines is 1. The second-order valence-corrected chi connectivity index (χ2v) is 7.83. The number of fused-ring (bicyclic) bond motifs is 1. The summed E-state index contributed by atoms with van der Waals surface area (Å²) in [4.78, 5) is 35.6. The smallest absolute Gasteiger partial charge is 0.266 e. The molecule has 0 aliphatic carbocycles. The molecule has 4 heterocycles. The van der Waals surface area contributed by atoms with Gasteiger partial charge in [0.25, 0.3) is 5.56 Å². The van der Waals surface area contributed by atoms with E-state index >= 15 is 0 Å².